The SMILES string of the molecule is Cc1ccc(C(C=O)NC(=O)OC(C)(C)C)c(O)c1. The molecule has 1 aromatic rings. The second-order valence-corrected chi connectivity index (χ2v) is 5.32. The van der Waals surface area contributed by atoms with Gasteiger partial charge in [-0.15, -0.1) is 0 Å². The van der Waals surface area contributed by atoms with E-state index in [1.807, 2.05) is 6.92 Å². The summed E-state index contributed by atoms with van der Waals surface area (Å²) in [6.45, 7) is 7.00. The first-order chi connectivity index (χ1) is 8.73. The van der Waals surface area contributed by atoms with Crippen LogP contribution >= 0.6 is 0 Å². The quantitative estimate of drug-likeness (QED) is 0.823. The predicted octanol–water partition coefficient (Wildman–Crippen LogP) is 2.47. The molecule has 19 heavy (non-hydrogen) atoms. The Hall–Kier alpha value is -2.04. The third kappa shape index (κ3) is 4.62. The molecule has 0 aliphatic carbocycles. The molecule has 0 saturated carbocycles. The monoisotopic (exact) mass is 265 g/mol. The van der Waals surface area contributed by atoms with Crippen molar-refractivity contribution in [1.82, 2.24) is 5.32 Å². The van der Waals surface area contributed by atoms with Crippen molar-refractivity contribution in [2.75, 3.05) is 0 Å². The lowest BCUT2D eigenvalue weighted by molar-refractivity contribution is -0.109. The van der Waals surface area contributed by atoms with Crippen LogP contribution in [0, 0.1) is 6.92 Å². The number of aldehydes is 1. The van der Waals surface area contributed by atoms with Crippen molar-refractivity contribution in [3.05, 3.63) is 29.3 Å². The molecule has 1 unspecified atom stereocenters. The van der Waals surface area contributed by atoms with E-state index in [1.54, 1.807) is 32.9 Å². The minimum atomic E-state index is -0.935. The minimum Gasteiger partial charge on any atom is -0.508 e. The van der Waals surface area contributed by atoms with Crippen molar-refractivity contribution in [1.29, 1.82) is 0 Å². The zero-order valence-electron chi connectivity index (χ0n) is 11.6. The van der Waals surface area contributed by atoms with Gasteiger partial charge in [-0.2, -0.15) is 0 Å². The van der Waals surface area contributed by atoms with Crippen LogP contribution in [-0.4, -0.2) is 23.1 Å². The molecule has 104 valence electrons. The summed E-state index contributed by atoms with van der Waals surface area (Å²) in [6, 6.07) is 3.95. The van der Waals surface area contributed by atoms with Crippen molar-refractivity contribution in [3.8, 4) is 5.75 Å². The lowest BCUT2D eigenvalue weighted by Gasteiger charge is -2.22. The highest BCUT2D eigenvalue weighted by atomic mass is 16.6. The second kappa shape index (κ2) is 5.73. The normalized spacial score (nSPS) is 12.6. The predicted molar refractivity (Wildman–Crippen MR) is 71.0 cm³/mol. The summed E-state index contributed by atoms with van der Waals surface area (Å²) in [5, 5.41) is 12.2. The molecule has 0 spiro atoms. The number of aromatic hydroxyl groups is 1. The van der Waals surface area contributed by atoms with Gasteiger partial charge in [0, 0.05) is 5.56 Å². The number of amides is 1. The molecule has 1 aromatic carbocycles. The Morgan fingerprint density at radius 1 is 1.42 bits per heavy atom. The van der Waals surface area contributed by atoms with Crippen LogP contribution in [0.2, 0.25) is 0 Å². The van der Waals surface area contributed by atoms with E-state index in [0.717, 1.165) is 5.56 Å². The summed E-state index contributed by atoms with van der Waals surface area (Å²) < 4.78 is 5.06. The Balaban J connectivity index is 2.84. The van der Waals surface area contributed by atoms with Gasteiger partial charge in [-0.05, 0) is 39.3 Å². The fourth-order valence-corrected chi connectivity index (χ4v) is 1.54. The molecule has 5 nitrogen and oxygen atoms in total. The smallest absolute Gasteiger partial charge is 0.408 e. The summed E-state index contributed by atoms with van der Waals surface area (Å²) in [5.74, 6) is -0.0341. The van der Waals surface area contributed by atoms with Crippen molar-refractivity contribution in [2.45, 2.75) is 39.3 Å². The van der Waals surface area contributed by atoms with E-state index < -0.39 is 17.7 Å². The Labute approximate surface area is 112 Å². The summed E-state index contributed by atoms with van der Waals surface area (Å²) in [5.41, 5.74) is 0.557. The van der Waals surface area contributed by atoms with E-state index >= 15 is 0 Å². The topological polar surface area (TPSA) is 75.6 Å². The number of aryl methyl sites for hydroxylation is 1. The molecule has 0 heterocycles. The molecule has 1 atom stereocenters. The third-order valence-corrected chi connectivity index (χ3v) is 2.33. The summed E-state index contributed by atoms with van der Waals surface area (Å²) in [4.78, 5) is 22.7. The van der Waals surface area contributed by atoms with E-state index in [-0.39, 0.29) is 5.75 Å². The van der Waals surface area contributed by atoms with Gasteiger partial charge in [-0.1, -0.05) is 12.1 Å². The van der Waals surface area contributed by atoms with Crippen LogP contribution in [0.15, 0.2) is 18.2 Å². The maximum atomic E-state index is 11.6. The van der Waals surface area contributed by atoms with Gasteiger partial charge in [0.15, 0.2) is 0 Å². The number of nitrogens with one attached hydrogen (secondary N) is 1. The number of ether oxygens (including phenoxy) is 1. The minimum absolute atomic E-state index is 0.0341. The molecule has 0 bridgehead atoms. The number of alkyl carbamates (subject to hydrolysis) is 1. The summed E-state index contributed by atoms with van der Waals surface area (Å²) in [7, 11) is 0. The van der Waals surface area contributed by atoms with E-state index in [2.05, 4.69) is 5.32 Å². The van der Waals surface area contributed by atoms with Crippen LogP contribution in [0.5, 0.6) is 5.75 Å². The molecule has 0 aliphatic heterocycles. The summed E-state index contributed by atoms with van der Waals surface area (Å²) >= 11 is 0. The van der Waals surface area contributed by atoms with E-state index in [9.17, 15) is 14.7 Å². The fourth-order valence-electron chi connectivity index (χ4n) is 1.54. The molecule has 1 rings (SSSR count). The van der Waals surface area contributed by atoms with Crippen LogP contribution in [0.1, 0.15) is 37.9 Å². The first-order valence-electron chi connectivity index (χ1n) is 5.97. The van der Waals surface area contributed by atoms with Crippen molar-refractivity contribution >= 4 is 12.4 Å². The van der Waals surface area contributed by atoms with Crippen molar-refractivity contribution in [3.63, 3.8) is 0 Å². The third-order valence-electron chi connectivity index (χ3n) is 2.33. The van der Waals surface area contributed by atoms with Gasteiger partial charge in [-0.3, -0.25) is 0 Å². The van der Waals surface area contributed by atoms with Gasteiger partial charge >= 0.3 is 6.09 Å². The van der Waals surface area contributed by atoms with Gasteiger partial charge in [0.1, 0.15) is 23.7 Å². The standard InChI is InChI=1S/C14H19NO4/c1-9-5-6-10(12(17)7-9)11(8-16)15-13(18)19-14(2,3)4/h5-8,11,17H,1-4H3,(H,15,18). The number of phenolic OH excluding ortho intramolecular Hbond substituents is 1. The van der Waals surface area contributed by atoms with E-state index in [1.165, 1.54) is 6.07 Å². The maximum Gasteiger partial charge on any atom is 0.408 e. The lowest BCUT2D eigenvalue weighted by Crippen LogP contribution is -2.35. The first-order valence-corrected chi connectivity index (χ1v) is 5.97. The Morgan fingerprint density at radius 2 is 2.05 bits per heavy atom. The molecule has 0 radical (unpaired) electrons. The number of benzene rings is 1. The molecule has 5 heteroatoms. The zero-order chi connectivity index (χ0) is 14.6. The van der Waals surface area contributed by atoms with Crippen LogP contribution in [0.25, 0.3) is 0 Å². The molecule has 0 fully saturated rings. The number of rotatable bonds is 3. The fraction of sp³-hybridized carbons (Fsp3) is 0.429. The molecule has 0 aliphatic rings. The number of hydrogen-bond acceptors (Lipinski definition) is 4. The van der Waals surface area contributed by atoms with Crippen molar-refractivity contribution in [2.24, 2.45) is 0 Å². The molecule has 0 saturated heterocycles. The highest BCUT2D eigenvalue weighted by molar-refractivity contribution is 5.75. The van der Waals surface area contributed by atoms with Gasteiger partial charge in [0.25, 0.3) is 0 Å². The lowest BCUT2D eigenvalue weighted by atomic mass is 10.0. The molecular weight excluding hydrogens is 246 g/mol. The van der Waals surface area contributed by atoms with Crippen LogP contribution in [-0.2, 0) is 9.53 Å². The molecular formula is C14H19NO4. The van der Waals surface area contributed by atoms with Crippen LogP contribution in [0.4, 0.5) is 4.79 Å². The van der Waals surface area contributed by atoms with Gasteiger partial charge < -0.3 is 20.0 Å². The molecule has 0 aromatic heterocycles. The van der Waals surface area contributed by atoms with Gasteiger partial charge in [0.05, 0.1) is 0 Å². The van der Waals surface area contributed by atoms with E-state index in [0.29, 0.717) is 11.8 Å². The highest BCUT2D eigenvalue weighted by Gasteiger charge is 2.21. The first kappa shape index (κ1) is 15.0. The Bertz CT molecular complexity index is 477. The summed E-state index contributed by atoms with van der Waals surface area (Å²) in [6.07, 6.45) is -0.154. The Morgan fingerprint density at radius 3 is 2.53 bits per heavy atom. The second-order valence-electron chi connectivity index (χ2n) is 5.32. The number of phenols is 1. The number of carbonyl (C=O) groups excluding carboxylic acids is 2. The van der Waals surface area contributed by atoms with Gasteiger partial charge in [0.2, 0.25) is 0 Å². The number of hydrogen-bond donors (Lipinski definition) is 2. The average Bonchev–Trinajstić information content (AvgIpc) is 2.24. The number of carbonyl (C=O) groups is 2. The van der Waals surface area contributed by atoms with Crippen LogP contribution < -0.4 is 5.32 Å². The zero-order valence-corrected chi connectivity index (χ0v) is 11.6. The van der Waals surface area contributed by atoms with E-state index in [4.69, 9.17) is 4.74 Å². The largest absolute Gasteiger partial charge is 0.508 e. The highest BCUT2D eigenvalue weighted by Crippen LogP contribution is 2.24. The Kier molecular flexibility index (Phi) is 4.53. The average molecular weight is 265 g/mol. The maximum absolute atomic E-state index is 11.6. The molecule has 2 N–H and O–H groups in total. The van der Waals surface area contributed by atoms with Gasteiger partial charge in [-0.25, -0.2) is 4.79 Å². The van der Waals surface area contributed by atoms with Crippen molar-refractivity contribution < 1.29 is 19.4 Å². The van der Waals surface area contributed by atoms with Crippen LogP contribution in [0.3, 0.4) is 0 Å². The molecule has 1 amide bonds.